The number of carbonyl (C=O) groups is 1. The molecule has 0 spiro atoms. The summed E-state index contributed by atoms with van der Waals surface area (Å²) in [7, 11) is 0. The van der Waals surface area contributed by atoms with Gasteiger partial charge in [-0.1, -0.05) is 36.2 Å². The summed E-state index contributed by atoms with van der Waals surface area (Å²) in [5.41, 5.74) is 2.32. The minimum atomic E-state index is 0.0538. The highest BCUT2D eigenvalue weighted by molar-refractivity contribution is 5.91. The molecule has 2 aliphatic carbocycles. The van der Waals surface area contributed by atoms with Crippen molar-refractivity contribution < 1.29 is 4.79 Å². The van der Waals surface area contributed by atoms with E-state index in [4.69, 9.17) is 0 Å². The molecule has 2 heteroatoms. The van der Waals surface area contributed by atoms with Crippen molar-refractivity contribution in [3.05, 3.63) is 41.5 Å². The largest absolute Gasteiger partial charge is 0.350 e. The average Bonchev–Trinajstić information content (AvgIpc) is 3.00. The van der Waals surface area contributed by atoms with E-state index < -0.39 is 0 Å². The van der Waals surface area contributed by atoms with Crippen LogP contribution in [0.1, 0.15) is 36.8 Å². The Labute approximate surface area is 114 Å². The average molecular weight is 255 g/mol. The standard InChI is InChI=1S/C17H21NO/c1-12-2-4-13(5-3-12)7-9-17(19)18-16-11-14-6-8-15(16)10-14/h2-5,7,9,14-16H,6,8,10-11H2,1H3,(H,18,19)/b9-7+/t14-,15+,16-/m0/s1. The van der Waals surface area contributed by atoms with Crippen LogP contribution in [0.25, 0.3) is 6.08 Å². The molecule has 1 aromatic rings. The summed E-state index contributed by atoms with van der Waals surface area (Å²) >= 11 is 0. The molecule has 0 aromatic heterocycles. The van der Waals surface area contributed by atoms with Crippen molar-refractivity contribution in [3.63, 3.8) is 0 Å². The molecule has 2 aliphatic rings. The van der Waals surface area contributed by atoms with Crippen LogP contribution in [0, 0.1) is 18.8 Å². The van der Waals surface area contributed by atoms with Crippen LogP contribution in [-0.2, 0) is 4.79 Å². The summed E-state index contributed by atoms with van der Waals surface area (Å²) < 4.78 is 0. The molecular formula is C17H21NO. The zero-order valence-corrected chi connectivity index (χ0v) is 11.4. The summed E-state index contributed by atoms with van der Waals surface area (Å²) in [6.07, 6.45) is 8.74. The molecule has 2 saturated carbocycles. The Bertz CT molecular complexity index is 488. The van der Waals surface area contributed by atoms with Crippen LogP contribution in [0.2, 0.25) is 0 Å². The summed E-state index contributed by atoms with van der Waals surface area (Å²) in [6.45, 7) is 2.06. The molecule has 3 rings (SSSR count). The van der Waals surface area contributed by atoms with Crippen molar-refractivity contribution in [1.82, 2.24) is 5.32 Å². The van der Waals surface area contributed by atoms with Crippen LogP contribution < -0.4 is 5.32 Å². The molecule has 1 aromatic carbocycles. The predicted octanol–water partition coefficient (Wildman–Crippen LogP) is 3.31. The molecule has 0 heterocycles. The van der Waals surface area contributed by atoms with E-state index >= 15 is 0 Å². The van der Waals surface area contributed by atoms with Gasteiger partial charge in [-0.15, -0.1) is 0 Å². The van der Waals surface area contributed by atoms with Crippen molar-refractivity contribution >= 4 is 12.0 Å². The first-order chi connectivity index (χ1) is 9.20. The Kier molecular flexibility index (Phi) is 3.41. The predicted molar refractivity (Wildman–Crippen MR) is 77.6 cm³/mol. The van der Waals surface area contributed by atoms with Crippen LogP contribution in [0.3, 0.4) is 0 Å². The second-order valence-corrected chi connectivity index (χ2v) is 6.03. The Morgan fingerprint density at radius 3 is 2.63 bits per heavy atom. The van der Waals surface area contributed by atoms with Crippen LogP contribution in [0.5, 0.6) is 0 Å². The van der Waals surface area contributed by atoms with Crippen molar-refractivity contribution in [2.45, 2.75) is 38.6 Å². The van der Waals surface area contributed by atoms with Crippen molar-refractivity contribution in [3.8, 4) is 0 Å². The minimum Gasteiger partial charge on any atom is -0.350 e. The molecule has 1 N–H and O–H groups in total. The Hall–Kier alpha value is -1.57. The molecule has 19 heavy (non-hydrogen) atoms. The highest BCUT2D eigenvalue weighted by Crippen LogP contribution is 2.44. The van der Waals surface area contributed by atoms with Crippen LogP contribution in [0.4, 0.5) is 0 Å². The SMILES string of the molecule is Cc1ccc(/C=C/C(=O)N[C@H]2C[C@H]3CC[C@@H]2C3)cc1. The first kappa shape index (κ1) is 12.5. The third-order valence-electron chi connectivity index (χ3n) is 4.57. The normalized spacial score (nSPS) is 29.0. The fraction of sp³-hybridized carbons (Fsp3) is 0.471. The van der Waals surface area contributed by atoms with Crippen LogP contribution in [0.15, 0.2) is 30.3 Å². The van der Waals surface area contributed by atoms with Crippen LogP contribution in [-0.4, -0.2) is 11.9 Å². The van der Waals surface area contributed by atoms with Gasteiger partial charge in [-0.2, -0.15) is 0 Å². The quantitative estimate of drug-likeness (QED) is 0.825. The topological polar surface area (TPSA) is 29.1 Å². The van der Waals surface area contributed by atoms with Gasteiger partial charge < -0.3 is 5.32 Å². The number of benzene rings is 1. The van der Waals surface area contributed by atoms with E-state index in [9.17, 15) is 4.79 Å². The number of rotatable bonds is 3. The summed E-state index contributed by atoms with van der Waals surface area (Å²) in [5.74, 6) is 1.66. The van der Waals surface area contributed by atoms with Gasteiger partial charge in [-0.3, -0.25) is 4.79 Å². The monoisotopic (exact) mass is 255 g/mol. The number of fused-ring (bicyclic) bond motifs is 2. The number of hydrogen-bond acceptors (Lipinski definition) is 1. The van der Waals surface area contributed by atoms with Gasteiger partial charge in [0.05, 0.1) is 0 Å². The lowest BCUT2D eigenvalue weighted by atomic mass is 9.95. The van der Waals surface area contributed by atoms with Gasteiger partial charge in [-0.05, 0) is 49.7 Å². The van der Waals surface area contributed by atoms with Crippen molar-refractivity contribution in [2.24, 2.45) is 11.8 Å². The Morgan fingerprint density at radius 2 is 2.00 bits per heavy atom. The molecule has 2 fully saturated rings. The fourth-order valence-corrected chi connectivity index (χ4v) is 3.50. The highest BCUT2D eigenvalue weighted by Gasteiger charge is 2.39. The lowest BCUT2D eigenvalue weighted by Gasteiger charge is -2.22. The second kappa shape index (κ2) is 5.20. The molecule has 2 nitrogen and oxygen atoms in total. The fourth-order valence-electron chi connectivity index (χ4n) is 3.50. The molecule has 1 amide bonds. The molecule has 0 saturated heterocycles. The molecule has 0 unspecified atom stereocenters. The Morgan fingerprint density at radius 1 is 1.21 bits per heavy atom. The minimum absolute atomic E-state index is 0.0538. The van der Waals surface area contributed by atoms with E-state index in [0.29, 0.717) is 6.04 Å². The van der Waals surface area contributed by atoms with E-state index in [-0.39, 0.29) is 5.91 Å². The maximum atomic E-state index is 11.9. The molecule has 0 aliphatic heterocycles. The summed E-state index contributed by atoms with van der Waals surface area (Å²) in [6, 6.07) is 8.63. The number of carbonyl (C=O) groups excluding carboxylic acids is 1. The molecular weight excluding hydrogens is 234 g/mol. The smallest absolute Gasteiger partial charge is 0.244 e. The van der Waals surface area contributed by atoms with E-state index in [1.807, 2.05) is 18.2 Å². The number of amides is 1. The van der Waals surface area contributed by atoms with Gasteiger partial charge in [0.2, 0.25) is 5.91 Å². The van der Waals surface area contributed by atoms with Gasteiger partial charge in [-0.25, -0.2) is 0 Å². The lowest BCUT2D eigenvalue weighted by molar-refractivity contribution is -0.117. The number of nitrogens with one attached hydrogen (secondary N) is 1. The van der Waals surface area contributed by atoms with Crippen molar-refractivity contribution in [2.75, 3.05) is 0 Å². The van der Waals surface area contributed by atoms with Gasteiger partial charge in [0, 0.05) is 12.1 Å². The molecule has 100 valence electrons. The molecule has 2 bridgehead atoms. The van der Waals surface area contributed by atoms with Gasteiger partial charge >= 0.3 is 0 Å². The van der Waals surface area contributed by atoms with Gasteiger partial charge in [0.15, 0.2) is 0 Å². The van der Waals surface area contributed by atoms with E-state index in [0.717, 1.165) is 17.4 Å². The first-order valence-corrected chi connectivity index (χ1v) is 7.26. The summed E-state index contributed by atoms with van der Waals surface area (Å²) in [5, 5.41) is 3.17. The van der Waals surface area contributed by atoms with Gasteiger partial charge in [0.1, 0.15) is 0 Å². The lowest BCUT2D eigenvalue weighted by Crippen LogP contribution is -2.37. The zero-order valence-electron chi connectivity index (χ0n) is 11.4. The van der Waals surface area contributed by atoms with Crippen molar-refractivity contribution in [1.29, 1.82) is 0 Å². The van der Waals surface area contributed by atoms with Gasteiger partial charge in [0.25, 0.3) is 0 Å². The van der Waals surface area contributed by atoms with E-state index in [2.05, 4.69) is 24.4 Å². The third-order valence-corrected chi connectivity index (χ3v) is 4.57. The van der Waals surface area contributed by atoms with E-state index in [1.165, 1.54) is 31.2 Å². The molecule has 3 atom stereocenters. The zero-order chi connectivity index (χ0) is 13.2. The maximum absolute atomic E-state index is 11.9. The van der Waals surface area contributed by atoms with E-state index in [1.54, 1.807) is 6.08 Å². The number of aryl methyl sites for hydroxylation is 1. The maximum Gasteiger partial charge on any atom is 0.244 e. The molecule has 0 radical (unpaired) electrons. The third kappa shape index (κ3) is 2.89. The Balaban J connectivity index is 1.55. The number of hydrogen-bond donors (Lipinski definition) is 1. The highest BCUT2D eigenvalue weighted by atomic mass is 16.1. The van der Waals surface area contributed by atoms with Crippen LogP contribution >= 0.6 is 0 Å². The second-order valence-electron chi connectivity index (χ2n) is 6.03. The first-order valence-electron chi connectivity index (χ1n) is 7.26. The summed E-state index contributed by atoms with van der Waals surface area (Å²) in [4.78, 5) is 11.9.